The van der Waals surface area contributed by atoms with Crippen molar-refractivity contribution in [3.8, 4) is 0 Å². The van der Waals surface area contributed by atoms with Gasteiger partial charge >= 0.3 is 0 Å². The Kier molecular flexibility index (Phi) is 7.68. The largest absolute Gasteiger partial charge is 0.379 e. The van der Waals surface area contributed by atoms with E-state index in [0.717, 1.165) is 39.4 Å². The Hall–Kier alpha value is -1.43. The zero-order valence-electron chi connectivity index (χ0n) is 16.9. The molecule has 0 spiro atoms. The number of hydrogen-bond acceptors (Lipinski definition) is 4. The van der Waals surface area contributed by atoms with Crippen LogP contribution in [0.15, 0.2) is 24.3 Å². The van der Waals surface area contributed by atoms with Crippen molar-refractivity contribution >= 4 is 5.91 Å². The molecule has 27 heavy (non-hydrogen) atoms. The van der Waals surface area contributed by atoms with E-state index in [1.807, 2.05) is 0 Å². The third-order valence-corrected chi connectivity index (χ3v) is 6.10. The third-order valence-electron chi connectivity index (χ3n) is 6.10. The molecule has 2 saturated heterocycles. The van der Waals surface area contributed by atoms with E-state index in [-0.39, 0.29) is 11.9 Å². The molecule has 1 aromatic rings. The van der Waals surface area contributed by atoms with Gasteiger partial charge in [0.2, 0.25) is 5.91 Å². The van der Waals surface area contributed by atoms with Crippen molar-refractivity contribution in [1.29, 1.82) is 0 Å². The van der Waals surface area contributed by atoms with E-state index in [9.17, 15) is 4.79 Å². The molecular formula is C22H35N3O2. The number of piperidine rings is 1. The second-order valence-electron chi connectivity index (χ2n) is 8.15. The van der Waals surface area contributed by atoms with Crippen LogP contribution in [-0.2, 0) is 9.53 Å². The maximum Gasteiger partial charge on any atom is 0.220 e. The summed E-state index contributed by atoms with van der Waals surface area (Å²) in [5, 5.41) is 6.64. The standard InChI is InChI=1S/C22H35N3O2/c1-17-4-3-5-20(14-17)21(25-10-12-27-13-11-25)16-24-22(26)15-18(2)19-6-8-23-9-7-19/h3-5,14,18-19,21,23H,6-13,15-16H2,1-2H3,(H,24,26). The predicted octanol–water partition coefficient (Wildman–Crippen LogP) is 2.51. The average Bonchev–Trinajstić information content (AvgIpc) is 2.70. The minimum Gasteiger partial charge on any atom is -0.379 e. The zero-order chi connectivity index (χ0) is 19.1. The predicted molar refractivity (Wildman–Crippen MR) is 109 cm³/mol. The molecule has 2 N–H and O–H groups in total. The van der Waals surface area contributed by atoms with Gasteiger partial charge in [0, 0.05) is 26.1 Å². The van der Waals surface area contributed by atoms with Crippen LogP contribution < -0.4 is 10.6 Å². The Bertz CT molecular complexity index is 595. The molecule has 2 unspecified atom stereocenters. The molecule has 5 nitrogen and oxygen atoms in total. The van der Waals surface area contributed by atoms with E-state index in [1.54, 1.807) is 0 Å². The van der Waals surface area contributed by atoms with E-state index in [4.69, 9.17) is 4.74 Å². The van der Waals surface area contributed by atoms with Crippen LogP contribution >= 0.6 is 0 Å². The molecule has 2 fully saturated rings. The fourth-order valence-corrected chi connectivity index (χ4v) is 4.38. The smallest absolute Gasteiger partial charge is 0.220 e. The molecule has 0 saturated carbocycles. The Morgan fingerprint density at radius 1 is 1.30 bits per heavy atom. The van der Waals surface area contributed by atoms with Gasteiger partial charge in [-0.1, -0.05) is 36.8 Å². The minimum absolute atomic E-state index is 0.187. The number of amides is 1. The maximum atomic E-state index is 12.6. The molecule has 2 aliphatic rings. The van der Waals surface area contributed by atoms with E-state index in [2.05, 4.69) is 53.6 Å². The van der Waals surface area contributed by atoms with Crippen LogP contribution in [0.1, 0.15) is 43.4 Å². The first kappa shape index (κ1) is 20.3. The van der Waals surface area contributed by atoms with Gasteiger partial charge in [-0.25, -0.2) is 0 Å². The highest BCUT2D eigenvalue weighted by atomic mass is 16.5. The SMILES string of the molecule is Cc1cccc(C(CNC(=O)CC(C)C2CCNCC2)N2CCOCC2)c1. The van der Waals surface area contributed by atoms with Gasteiger partial charge in [-0.3, -0.25) is 9.69 Å². The molecule has 1 amide bonds. The molecule has 0 bridgehead atoms. The molecular weight excluding hydrogens is 338 g/mol. The normalized spacial score (nSPS) is 21.6. The highest BCUT2D eigenvalue weighted by molar-refractivity contribution is 5.76. The summed E-state index contributed by atoms with van der Waals surface area (Å²) >= 11 is 0. The first-order valence-electron chi connectivity index (χ1n) is 10.5. The summed E-state index contributed by atoms with van der Waals surface area (Å²) in [6, 6.07) is 8.87. The maximum absolute atomic E-state index is 12.6. The van der Waals surface area contributed by atoms with Gasteiger partial charge in [-0.2, -0.15) is 0 Å². The molecule has 3 rings (SSSR count). The molecule has 0 radical (unpaired) electrons. The lowest BCUT2D eigenvalue weighted by Gasteiger charge is -2.35. The van der Waals surface area contributed by atoms with Gasteiger partial charge in [-0.15, -0.1) is 0 Å². The number of rotatable bonds is 7. The van der Waals surface area contributed by atoms with E-state index in [1.165, 1.54) is 24.0 Å². The fourth-order valence-electron chi connectivity index (χ4n) is 4.38. The van der Waals surface area contributed by atoms with Crippen LogP contribution in [0.2, 0.25) is 0 Å². The zero-order valence-corrected chi connectivity index (χ0v) is 16.9. The van der Waals surface area contributed by atoms with Crippen molar-refractivity contribution in [3.05, 3.63) is 35.4 Å². The number of morpholine rings is 1. The summed E-state index contributed by atoms with van der Waals surface area (Å²) in [6.07, 6.45) is 3.01. The molecule has 1 aromatic carbocycles. The van der Waals surface area contributed by atoms with Gasteiger partial charge in [0.25, 0.3) is 0 Å². The summed E-state index contributed by atoms with van der Waals surface area (Å²) < 4.78 is 5.52. The Morgan fingerprint density at radius 2 is 2.04 bits per heavy atom. The van der Waals surface area contributed by atoms with Crippen molar-refractivity contribution in [2.24, 2.45) is 11.8 Å². The van der Waals surface area contributed by atoms with Crippen molar-refractivity contribution in [2.45, 2.75) is 39.2 Å². The minimum atomic E-state index is 0.187. The fraction of sp³-hybridized carbons (Fsp3) is 0.682. The number of nitrogens with one attached hydrogen (secondary N) is 2. The van der Waals surface area contributed by atoms with Gasteiger partial charge in [-0.05, 0) is 50.3 Å². The van der Waals surface area contributed by atoms with Crippen molar-refractivity contribution in [1.82, 2.24) is 15.5 Å². The lowest BCUT2D eigenvalue weighted by atomic mass is 9.84. The van der Waals surface area contributed by atoms with Gasteiger partial charge in [0.15, 0.2) is 0 Å². The van der Waals surface area contributed by atoms with E-state index >= 15 is 0 Å². The second kappa shape index (κ2) is 10.2. The number of carbonyl (C=O) groups excluding carboxylic acids is 1. The van der Waals surface area contributed by atoms with Gasteiger partial charge in [0.05, 0.1) is 19.3 Å². The van der Waals surface area contributed by atoms with Crippen molar-refractivity contribution < 1.29 is 9.53 Å². The molecule has 2 atom stereocenters. The molecule has 2 aliphatic heterocycles. The summed E-state index contributed by atoms with van der Waals surface area (Å²) in [5.41, 5.74) is 2.54. The van der Waals surface area contributed by atoms with Gasteiger partial charge in [0.1, 0.15) is 0 Å². The van der Waals surface area contributed by atoms with Crippen molar-refractivity contribution in [3.63, 3.8) is 0 Å². The topological polar surface area (TPSA) is 53.6 Å². The summed E-state index contributed by atoms with van der Waals surface area (Å²) in [6.45, 7) is 10.6. The average molecular weight is 374 g/mol. The lowest BCUT2D eigenvalue weighted by Crippen LogP contribution is -2.44. The first-order valence-corrected chi connectivity index (χ1v) is 10.5. The summed E-state index contributed by atoms with van der Waals surface area (Å²) in [4.78, 5) is 15.1. The van der Waals surface area contributed by atoms with Crippen LogP contribution in [0.4, 0.5) is 0 Å². The van der Waals surface area contributed by atoms with Gasteiger partial charge < -0.3 is 15.4 Å². The van der Waals surface area contributed by atoms with Crippen LogP contribution in [0.3, 0.4) is 0 Å². The number of ether oxygens (including phenoxy) is 1. The third kappa shape index (κ3) is 6.03. The van der Waals surface area contributed by atoms with E-state index < -0.39 is 0 Å². The first-order chi connectivity index (χ1) is 13.1. The molecule has 0 aromatic heterocycles. The van der Waals surface area contributed by atoms with Crippen LogP contribution in [-0.4, -0.2) is 56.7 Å². The van der Waals surface area contributed by atoms with Crippen LogP contribution in [0, 0.1) is 18.8 Å². The van der Waals surface area contributed by atoms with E-state index in [0.29, 0.717) is 24.8 Å². The monoisotopic (exact) mass is 373 g/mol. The highest BCUT2D eigenvalue weighted by Gasteiger charge is 2.25. The number of aryl methyl sites for hydroxylation is 1. The van der Waals surface area contributed by atoms with Crippen LogP contribution in [0.5, 0.6) is 0 Å². The number of carbonyl (C=O) groups is 1. The Labute approximate surface area is 163 Å². The molecule has 2 heterocycles. The van der Waals surface area contributed by atoms with Crippen molar-refractivity contribution in [2.75, 3.05) is 45.9 Å². The highest BCUT2D eigenvalue weighted by Crippen LogP contribution is 2.25. The summed E-state index contributed by atoms with van der Waals surface area (Å²) in [7, 11) is 0. The molecule has 0 aliphatic carbocycles. The number of nitrogens with zero attached hydrogens (tertiary/aromatic N) is 1. The summed E-state index contributed by atoms with van der Waals surface area (Å²) in [5.74, 6) is 1.31. The number of hydrogen-bond donors (Lipinski definition) is 2. The quantitative estimate of drug-likeness (QED) is 0.771. The molecule has 5 heteroatoms. The van der Waals surface area contributed by atoms with Crippen LogP contribution in [0.25, 0.3) is 0 Å². The number of benzene rings is 1. The second-order valence-corrected chi connectivity index (χ2v) is 8.15. The molecule has 150 valence electrons. The Morgan fingerprint density at radius 3 is 2.74 bits per heavy atom. The lowest BCUT2D eigenvalue weighted by molar-refractivity contribution is -0.122. The Balaban J connectivity index is 1.57.